The van der Waals surface area contributed by atoms with Crippen molar-refractivity contribution in [2.75, 3.05) is 11.9 Å². The molecule has 0 aliphatic heterocycles. The van der Waals surface area contributed by atoms with Gasteiger partial charge in [0.05, 0.1) is 12.0 Å². The van der Waals surface area contributed by atoms with Crippen LogP contribution in [0.5, 0.6) is 5.75 Å². The molecule has 0 saturated carbocycles. The number of aryl methyl sites for hydroxylation is 1. The number of ether oxygens (including phenoxy) is 1. The average Bonchev–Trinajstić information content (AvgIpc) is 3.16. The van der Waals surface area contributed by atoms with Gasteiger partial charge in [-0.2, -0.15) is 0 Å². The number of amides is 1. The van der Waals surface area contributed by atoms with E-state index >= 15 is 0 Å². The first kappa shape index (κ1) is 21.5. The molecule has 1 amide bonds. The van der Waals surface area contributed by atoms with E-state index in [-0.39, 0.29) is 5.91 Å². The van der Waals surface area contributed by atoms with Gasteiger partial charge in [0.25, 0.3) is 0 Å². The van der Waals surface area contributed by atoms with Crippen molar-refractivity contribution in [1.82, 2.24) is 9.97 Å². The highest BCUT2D eigenvalue weighted by Gasteiger charge is 2.25. The van der Waals surface area contributed by atoms with E-state index in [4.69, 9.17) is 9.84 Å². The molecule has 1 aromatic heterocycles. The molecule has 7 nitrogen and oxygen atoms in total. The number of rotatable bonds is 12. The van der Waals surface area contributed by atoms with Gasteiger partial charge in [-0.3, -0.25) is 9.59 Å². The van der Waals surface area contributed by atoms with Crippen molar-refractivity contribution in [2.45, 2.75) is 52.4 Å². The fraction of sp³-hybridized carbons (Fsp3) is 0.476. The van der Waals surface area contributed by atoms with Crippen LogP contribution in [0.1, 0.15) is 51.8 Å². The highest BCUT2D eigenvalue weighted by Crippen LogP contribution is 2.23. The minimum atomic E-state index is -0.771. The first-order valence-electron chi connectivity index (χ1n) is 9.61. The molecule has 0 aliphatic rings. The molecule has 3 N–H and O–H groups in total. The van der Waals surface area contributed by atoms with Crippen molar-refractivity contribution in [3.8, 4) is 5.75 Å². The number of carbonyl (C=O) groups is 2. The van der Waals surface area contributed by atoms with E-state index in [1.807, 2.05) is 24.3 Å². The number of hydrogen-bond acceptors (Lipinski definition) is 4. The van der Waals surface area contributed by atoms with Gasteiger partial charge < -0.3 is 20.1 Å². The van der Waals surface area contributed by atoms with Gasteiger partial charge in [0.2, 0.25) is 5.91 Å². The van der Waals surface area contributed by atoms with Crippen LogP contribution >= 0.6 is 0 Å². The first-order chi connectivity index (χ1) is 13.4. The number of carbonyl (C=O) groups excluding carboxylic acids is 1. The summed E-state index contributed by atoms with van der Waals surface area (Å²) < 4.78 is 5.68. The zero-order valence-electron chi connectivity index (χ0n) is 16.5. The number of aliphatic carboxylic acids is 1. The summed E-state index contributed by atoms with van der Waals surface area (Å²) in [4.78, 5) is 30.2. The van der Waals surface area contributed by atoms with Gasteiger partial charge >= 0.3 is 5.97 Å². The second-order valence-corrected chi connectivity index (χ2v) is 7.46. The molecule has 0 unspecified atom stereocenters. The smallest absolute Gasteiger partial charge is 0.309 e. The molecule has 28 heavy (non-hydrogen) atoms. The number of carboxylic acid groups (broad SMARTS) is 1. The lowest BCUT2D eigenvalue weighted by Crippen LogP contribution is -2.23. The number of aromatic amines is 1. The van der Waals surface area contributed by atoms with Crippen molar-refractivity contribution in [1.29, 1.82) is 0 Å². The summed E-state index contributed by atoms with van der Waals surface area (Å²) in [5.41, 5.74) is 0.0382. The Morgan fingerprint density at radius 2 is 1.93 bits per heavy atom. The molecule has 1 heterocycles. The Bertz CT molecular complexity index is 740. The maximum atomic E-state index is 12.0. The van der Waals surface area contributed by atoms with Crippen molar-refractivity contribution < 1.29 is 19.4 Å². The van der Waals surface area contributed by atoms with Gasteiger partial charge in [-0.15, -0.1) is 0 Å². The number of anilines is 1. The van der Waals surface area contributed by atoms with Gasteiger partial charge in [0.1, 0.15) is 11.6 Å². The average molecular weight is 387 g/mol. The molecule has 0 saturated heterocycles. The highest BCUT2D eigenvalue weighted by molar-refractivity contribution is 5.90. The van der Waals surface area contributed by atoms with Gasteiger partial charge in [-0.25, -0.2) is 4.98 Å². The molecule has 152 valence electrons. The van der Waals surface area contributed by atoms with E-state index in [0.29, 0.717) is 19.4 Å². The van der Waals surface area contributed by atoms with E-state index in [1.165, 1.54) is 0 Å². The third-order valence-corrected chi connectivity index (χ3v) is 4.55. The maximum absolute atomic E-state index is 12.0. The largest absolute Gasteiger partial charge is 0.494 e. The zero-order chi connectivity index (χ0) is 20.4. The highest BCUT2D eigenvalue weighted by atomic mass is 16.5. The molecule has 7 heteroatoms. The fourth-order valence-electron chi connectivity index (χ4n) is 2.68. The summed E-state index contributed by atoms with van der Waals surface area (Å²) in [5, 5.41) is 12.0. The van der Waals surface area contributed by atoms with Gasteiger partial charge in [-0.1, -0.05) is 0 Å². The maximum Gasteiger partial charge on any atom is 0.309 e. The number of carboxylic acids is 1. The van der Waals surface area contributed by atoms with Crippen LogP contribution in [-0.2, 0) is 16.0 Å². The molecule has 0 spiro atoms. The van der Waals surface area contributed by atoms with Crippen LogP contribution in [-0.4, -0.2) is 33.6 Å². The van der Waals surface area contributed by atoms with Crippen LogP contribution in [0, 0.1) is 5.41 Å². The monoisotopic (exact) mass is 387 g/mol. The molecule has 0 fully saturated rings. The Hall–Kier alpha value is -2.83. The number of hydrogen-bond donors (Lipinski definition) is 3. The number of nitrogens with zero attached hydrogens (tertiary/aromatic N) is 1. The number of nitrogens with one attached hydrogen (secondary N) is 2. The second-order valence-electron chi connectivity index (χ2n) is 7.46. The van der Waals surface area contributed by atoms with E-state index in [0.717, 1.165) is 42.9 Å². The lowest BCUT2D eigenvalue weighted by molar-refractivity contribution is -0.147. The summed E-state index contributed by atoms with van der Waals surface area (Å²) in [6.07, 6.45) is 7.61. The Morgan fingerprint density at radius 3 is 2.57 bits per heavy atom. The number of benzene rings is 1. The van der Waals surface area contributed by atoms with Crippen molar-refractivity contribution in [3.05, 3.63) is 42.5 Å². The topological polar surface area (TPSA) is 104 Å². The van der Waals surface area contributed by atoms with Crippen molar-refractivity contribution >= 4 is 17.6 Å². The van der Waals surface area contributed by atoms with Crippen LogP contribution in [0.2, 0.25) is 0 Å². The van der Waals surface area contributed by atoms with Crippen molar-refractivity contribution in [2.24, 2.45) is 5.41 Å². The Balaban J connectivity index is 1.62. The predicted octanol–water partition coefficient (Wildman–Crippen LogP) is 4.03. The number of imidazole rings is 1. The first-order valence-corrected chi connectivity index (χ1v) is 9.61. The standard InChI is InChI=1S/C21H29N3O4/c1-21(2,20(26)27)12-3-4-15-28-17-10-8-16(9-11-17)24-19(25)7-5-6-18-22-13-14-23-18/h8-11,13-14H,3-7,12,15H2,1-2H3,(H,22,23)(H,24,25)(H,26,27). The van der Waals surface area contributed by atoms with E-state index in [2.05, 4.69) is 15.3 Å². The van der Waals surface area contributed by atoms with E-state index in [9.17, 15) is 9.59 Å². The number of aromatic nitrogens is 2. The SMILES string of the molecule is CC(C)(CCCCOc1ccc(NC(=O)CCCc2ncc[nH]2)cc1)C(=O)O. The summed E-state index contributed by atoms with van der Waals surface area (Å²) in [7, 11) is 0. The molecule has 2 rings (SSSR count). The van der Waals surface area contributed by atoms with Crippen LogP contribution in [0.3, 0.4) is 0 Å². The molecule has 0 bridgehead atoms. The summed E-state index contributed by atoms with van der Waals surface area (Å²) in [6.45, 7) is 4.01. The summed E-state index contributed by atoms with van der Waals surface area (Å²) in [5.74, 6) is 0.822. The van der Waals surface area contributed by atoms with E-state index < -0.39 is 11.4 Å². The van der Waals surface area contributed by atoms with Gasteiger partial charge in [0.15, 0.2) is 0 Å². The number of H-pyrrole nitrogens is 1. The lowest BCUT2D eigenvalue weighted by atomic mass is 9.87. The third-order valence-electron chi connectivity index (χ3n) is 4.55. The molecular formula is C21H29N3O4. The van der Waals surface area contributed by atoms with Crippen LogP contribution in [0.4, 0.5) is 5.69 Å². The fourth-order valence-corrected chi connectivity index (χ4v) is 2.68. The van der Waals surface area contributed by atoms with Gasteiger partial charge in [0, 0.05) is 30.9 Å². The minimum Gasteiger partial charge on any atom is -0.494 e. The second kappa shape index (κ2) is 10.5. The summed E-state index contributed by atoms with van der Waals surface area (Å²) >= 11 is 0. The van der Waals surface area contributed by atoms with Crippen LogP contribution in [0.15, 0.2) is 36.7 Å². The van der Waals surface area contributed by atoms with Crippen LogP contribution < -0.4 is 10.1 Å². The van der Waals surface area contributed by atoms with Crippen LogP contribution in [0.25, 0.3) is 0 Å². The summed E-state index contributed by atoms with van der Waals surface area (Å²) in [6, 6.07) is 7.26. The molecular weight excluding hydrogens is 358 g/mol. The Kier molecular flexibility index (Phi) is 8.04. The van der Waals surface area contributed by atoms with Gasteiger partial charge in [-0.05, 0) is 63.8 Å². The zero-order valence-corrected chi connectivity index (χ0v) is 16.5. The Labute approximate surface area is 165 Å². The molecule has 0 atom stereocenters. The lowest BCUT2D eigenvalue weighted by Gasteiger charge is -2.18. The van der Waals surface area contributed by atoms with Crippen molar-refractivity contribution in [3.63, 3.8) is 0 Å². The molecule has 2 aromatic rings. The third kappa shape index (κ3) is 7.42. The number of unbranched alkanes of at least 4 members (excludes halogenated alkanes) is 1. The quantitative estimate of drug-likeness (QED) is 0.477. The normalized spacial score (nSPS) is 11.2. The predicted molar refractivity (Wildman–Crippen MR) is 107 cm³/mol. The molecule has 1 aromatic carbocycles. The Morgan fingerprint density at radius 1 is 1.18 bits per heavy atom. The molecule has 0 radical (unpaired) electrons. The molecule has 0 aliphatic carbocycles. The minimum absolute atomic E-state index is 0.0266. The van der Waals surface area contributed by atoms with E-state index in [1.54, 1.807) is 26.2 Å².